The van der Waals surface area contributed by atoms with Crippen LogP contribution >= 0.6 is 31.9 Å². The second-order valence-corrected chi connectivity index (χ2v) is 10.8. The molecule has 0 bridgehead atoms. The van der Waals surface area contributed by atoms with Gasteiger partial charge in [0.25, 0.3) is 0 Å². The molecule has 0 spiro atoms. The molecule has 0 heterocycles. The zero-order valence-electron chi connectivity index (χ0n) is 21.6. The number of aliphatic imine (C=N–C) groups is 2. The number of nitrogens with two attached hydrogens (primary N) is 3. The van der Waals surface area contributed by atoms with Crippen LogP contribution in [0.3, 0.4) is 0 Å². The molecule has 2 aromatic rings. The average Bonchev–Trinajstić information content (AvgIpc) is 2.71. The van der Waals surface area contributed by atoms with Gasteiger partial charge in [0.1, 0.15) is 0 Å². The highest BCUT2D eigenvalue weighted by atomic mass is 79.9. The van der Waals surface area contributed by atoms with Gasteiger partial charge in [0, 0.05) is 40.0 Å². The Labute approximate surface area is 229 Å². The lowest BCUT2D eigenvalue weighted by atomic mass is 10.1. The highest BCUT2D eigenvalue weighted by Gasteiger charge is 2.15. The summed E-state index contributed by atoms with van der Waals surface area (Å²) in [6, 6.07) is 10.3. The van der Waals surface area contributed by atoms with E-state index < -0.39 is 12.1 Å². The van der Waals surface area contributed by atoms with E-state index in [4.69, 9.17) is 17.2 Å². The normalized spacial score (nSPS) is 11.8. The second-order valence-electron chi connectivity index (χ2n) is 8.94. The van der Waals surface area contributed by atoms with Crippen molar-refractivity contribution in [2.75, 3.05) is 23.9 Å². The molecule has 0 aliphatic heterocycles. The number of rotatable bonds is 2. The minimum Gasteiger partial charge on any atom is -0.369 e. The third-order valence-corrected chi connectivity index (χ3v) is 5.64. The first-order valence-corrected chi connectivity index (χ1v) is 12.4. The van der Waals surface area contributed by atoms with E-state index in [2.05, 4.69) is 47.2 Å². The smallest absolute Gasteiger partial charge is 0.344 e. The first-order valence-electron chi connectivity index (χ1n) is 10.8. The zero-order chi connectivity index (χ0) is 27.8. The van der Waals surface area contributed by atoms with Gasteiger partial charge < -0.3 is 32.3 Å². The maximum atomic E-state index is 11.7. The maximum absolute atomic E-state index is 11.7. The van der Waals surface area contributed by atoms with Gasteiger partial charge in [-0.25, -0.2) is 9.59 Å². The Hall–Kier alpha value is -3.12. The number of hydrogen-bond acceptors (Lipinski definition) is 2. The summed E-state index contributed by atoms with van der Waals surface area (Å²) in [7, 11) is 3.50. The van der Waals surface area contributed by atoms with Crippen LogP contribution in [0.25, 0.3) is 0 Å². The van der Waals surface area contributed by atoms with Crippen LogP contribution < -0.4 is 32.3 Å². The van der Waals surface area contributed by atoms with Crippen molar-refractivity contribution in [3.8, 4) is 0 Å². The van der Waals surface area contributed by atoms with Crippen LogP contribution in [0.15, 0.2) is 55.3 Å². The Balaban J connectivity index is 0.000000369. The summed E-state index contributed by atoms with van der Waals surface area (Å²) in [6.45, 7) is 9.57. The summed E-state index contributed by atoms with van der Waals surface area (Å²) in [5, 5.41) is 2.74. The fraction of sp³-hybridized carbons (Fsp3) is 0.333. The van der Waals surface area contributed by atoms with E-state index in [1.165, 1.54) is 0 Å². The van der Waals surface area contributed by atoms with Gasteiger partial charge in [-0.2, -0.15) is 9.98 Å². The number of aryl methyl sites for hydroxylation is 2. The summed E-state index contributed by atoms with van der Waals surface area (Å²) < 4.78 is 1.97. The standard InChI is InChI=1S/C14H21BrN4O.C10H13BrN4O/c1-9-8-10(15)6-7-11(9)19(5)12(16)17-13(20)18-14(2,3)4;1-6-5-7(11)3-4-8(6)15(2)9(12)14-10(13)16/h6-8H,1-5H3,(H3,16,17,18,20);3-5H,1-2H3,(H4,12,13,14,16). The van der Waals surface area contributed by atoms with Crippen molar-refractivity contribution < 1.29 is 9.59 Å². The number of urea groups is 2. The highest BCUT2D eigenvalue weighted by molar-refractivity contribution is 9.10. The first-order chi connectivity index (χ1) is 16.5. The number of nitrogens with zero attached hydrogens (tertiary/aromatic N) is 4. The first kappa shape index (κ1) is 30.9. The molecular weight excluding hydrogens is 592 g/mol. The number of nitrogens with one attached hydrogen (secondary N) is 1. The minimum absolute atomic E-state index is 0.0675. The molecular formula is C24H34Br2N8O2. The summed E-state index contributed by atoms with van der Waals surface area (Å²) >= 11 is 6.78. The summed E-state index contributed by atoms with van der Waals surface area (Å²) in [5.41, 5.74) is 19.9. The largest absolute Gasteiger partial charge is 0.369 e. The van der Waals surface area contributed by atoms with Crippen molar-refractivity contribution in [2.24, 2.45) is 27.2 Å². The third kappa shape index (κ3) is 10.2. The molecule has 0 aromatic heterocycles. The summed E-state index contributed by atoms with van der Waals surface area (Å²) in [5.74, 6) is 0.218. The van der Waals surface area contributed by atoms with E-state index >= 15 is 0 Å². The van der Waals surface area contributed by atoms with Crippen LogP contribution in [-0.4, -0.2) is 43.6 Å². The second kappa shape index (κ2) is 13.3. The molecule has 0 aliphatic rings. The molecule has 0 fully saturated rings. The van der Waals surface area contributed by atoms with E-state index in [1.807, 2.05) is 71.0 Å². The van der Waals surface area contributed by atoms with E-state index in [9.17, 15) is 9.59 Å². The van der Waals surface area contributed by atoms with Crippen LogP contribution in [0.5, 0.6) is 0 Å². The highest BCUT2D eigenvalue weighted by Crippen LogP contribution is 2.23. The quantitative estimate of drug-likeness (QED) is 0.282. The van der Waals surface area contributed by atoms with E-state index in [1.54, 1.807) is 23.9 Å². The Kier molecular flexibility index (Phi) is 11.4. The van der Waals surface area contributed by atoms with Gasteiger partial charge in [-0.1, -0.05) is 31.9 Å². The van der Waals surface area contributed by atoms with E-state index in [-0.39, 0.29) is 17.5 Å². The fourth-order valence-corrected chi connectivity index (χ4v) is 3.90. The predicted molar refractivity (Wildman–Crippen MR) is 156 cm³/mol. The number of carbonyl (C=O) groups excluding carboxylic acids is 2. The number of guanidine groups is 2. The lowest BCUT2D eigenvalue weighted by Crippen LogP contribution is -2.42. The van der Waals surface area contributed by atoms with Gasteiger partial charge in [-0.3, -0.25) is 0 Å². The van der Waals surface area contributed by atoms with Crippen molar-refractivity contribution in [3.05, 3.63) is 56.5 Å². The number of benzene rings is 2. The van der Waals surface area contributed by atoms with Crippen molar-refractivity contribution in [1.82, 2.24) is 5.32 Å². The molecule has 4 amide bonds. The van der Waals surface area contributed by atoms with Gasteiger partial charge >= 0.3 is 12.1 Å². The average molecular weight is 626 g/mol. The van der Waals surface area contributed by atoms with E-state index in [0.29, 0.717) is 0 Å². The number of hydrogen-bond donors (Lipinski definition) is 4. The maximum Gasteiger partial charge on any atom is 0.344 e. The lowest BCUT2D eigenvalue weighted by molar-refractivity contribution is 0.240. The number of anilines is 2. The SMILES string of the molecule is Cc1cc(Br)ccc1N(C)/C(N)=N\C(=O)NC(C)(C)C.Cc1cc(Br)ccc1N(C)/C(N)=N\C(N)=O. The molecule has 0 saturated heterocycles. The van der Waals surface area contributed by atoms with Crippen molar-refractivity contribution >= 4 is 67.2 Å². The van der Waals surface area contributed by atoms with Gasteiger partial charge in [-0.05, 0) is 82.1 Å². The summed E-state index contributed by atoms with van der Waals surface area (Å²) in [4.78, 5) is 32.9. The van der Waals surface area contributed by atoms with Crippen molar-refractivity contribution in [3.63, 3.8) is 0 Å². The third-order valence-electron chi connectivity index (χ3n) is 4.65. The summed E-state index contributed by atoms with van der Waals surface area (Å²) in [6.07, 6.45) is 0. The Morgan fingerprint density at radius 3 is 1.53 bits per heavy atom. The molecule has 10 nitrogen and oxygen atoms in total. The van der Waals surface area contributed by atoms with Gasteiger partial charge in [0.2, 0.25) is 11.9 Å². The molecule has 0 unspecified atom stereocenters. The molecule has 12 heteroatoms. The van der Waals surface area contributed by atoms with Crippen molar-refractivity contribution in [2.45, 2.75) is 40.2 Å². The number of amides is 4. The Morgan fingerprint density at radius 1 is 0.806 bits per heavy atom. The molecule has 0 radical (unpaired) electrons. The van der Waals surface area contributed by atoms with Gasteiger partial charge in [0.15, 0.2) is 0 Å². The van der Waals surface area contributed by atoms with Crippen LogP contribution in [-0.2, 0) is 0 Å². The molecule has 0 saturated carbocycles. The molecule has 0 atom stereocenters. The fourth-order valence-electron chi connectivity index (χ4n) is 2.95. The molecule has 2 rings (SSSR count). The zero-order valence-corrected chi connectivity index (χ0v) is 24.7. The number of carbonyl (C=O) groups is 2. The molecule has 196 valence electrons. The molecule has 7 N–H and O–H groups in total. The molecule has 0 aliphatic carbocycles. The van der Waals surface area contributed by atoms with E-state index in [0.717, 1.165) is 31.4 Å². The van der Waals surface area contributed by atoms with Crippen molar-refractivity contribution in [1.29, 1.82) is 0 Å². The number of halogens is 2. The minimum atomic E-state index is -0.806. The van der Waals surface area contributed by atoms with Gasteiger partial charge in [-0.15, -0.1) is 0 Å². The Morgan fingerprint density at radius 2 is 1.19 bits per heavy atom. The van der Waals surface area contributed by atoms with Crippen LogP contribution in [0, 0.1) is 13.8 Å². The van der Waals surface area contributed by atoms with Crippen LogP contribution in [0.1, 0.15) is 31.9 Å². The Bertz CT molecular complexity index is 1160. The number of primary amides is 1. The van der Waals surface area contributed by atoms with Crippen LogP contribution in [0.2, 0.25) is 0 Å². The van der Waals surface area contributed by atoms with Gasteiger partial charge in [0.05, 0.1) is 0 Å². The van der Waals surface area contributed by atoms with Crippen LogP contribution in [0.4, 0.5) is 21.0 Å². The topological polar surface area (TPSA) is 155 Å². The lowest BCUT2D eigenvalue weighted by Gasteiger charge is -2.22. The molecule has 36 heavy (non-hydrogen) atoms. The monoisotopic (exact) mass is 624 g/mol. The predicted octanol–water partition coefficient (Wildman–Crippen LogP) is 4.60. The molecule has 2 aromatic carbocycles.